The molecule has 7 nitrogen and oxygen atoms in total. The van der Waals surface area contributed by atoms with Gasteiger partial charge in [0.1, 0.15) is 23.3 Å². The molecule has 1 heterocycles. The molecular weight excluding hydrogens is 530 g/mol. The van der Waals surface area contributed by atoms with E-state index in [1.807, 2.05) is 0 Å². The third-order valence-electron chi connectivity index (χ3n) is 6.57. The second kappa shape index (κ2) is 10.5. The first-order valence-electron chi connectivity index (χ1n) is 12.4. The van der Waals surface area contributed by atoms with E-state index in [0.717, 1.165) is 6.07 Å². The molecule has 0 bridgehead atoms. The molecule has 3 aromatic carbocycles. The van der Waals surface area contributed by atoms with E-state index in [0.29, 0.717) is 45.8 Å². The van der Waals surface area contributed by atoms with Crippen LogP contribution in [0.5, 0.6) is 0 Å². The Labute approximate surface area is 226 Å². The number of nitrogens with zero attached hydrogens (tertiary/aromatic N) is 2. The third-order valence-corrected chi connectivity index (χ3v) is 6.57. The molecule has 1 amide bonds. The summed E-state index contributed by atoms with van der Waals surface area (Å²) in [5.41, 5.74) is -0.781. The molecule has 1 aliphatic carbocycles. The quantitative estimate of drug-likeness (QED) is 0.230. The van der Waals surface area contributed by atoms with Gasteiger partial charge in [-0.2, -0.15) is 18.3 Å². The normalized spacial score (nSPS) is 14.0. The molecule has 0 spiro atoms. The summed E-state index contributed by atoms with van der Waals surface area (Å²) in [5, 5.41) is 15.8. The van der Waals surface area contributed by atoms with E-state index in [2.05, 4.69) is 10.4 Å². The predicted octanol–water partition coefficient (Wildman–Crippen LogP) is 7.58. The Bertz CT molecular complexity index is 1570. The lowest BCUT2D eigenvalue weighted by Gasteiger charge is -2.20. The highest BCUT2D eigenvalue weighted by Crippen LogP contribution is 2.49. The van der Waals surface area contributed by atoms with Gasteiger partial charge in [-0.25, -0.2) is 18.7 Å². The van der Waals surface area contributed by atoms with Crippen LogP contribution in [0.3, 0.4) is 0 Å². The first-order valence-corrected chi connectivity index (χ1v) is 12.4. The smallest absolute Gasteiger partial charge is 0.435 e. The molecule has 206 valence electrons. The molecule has 0 unspecified atom stereocenters. The van der Waals surface area contributed by atoms with Crippen LogP contribution >= 0.6 is 0 Å². The van der Waals surface area contributed by atoms with E-state index >= 15 is 4.39 Å². The Morgan fingerprint density at radius 1 is 1.05 bits per heavy atom. The second-order valence-electron chi connectivity index (χ2n) is 9.40. The summed E-state index contributed by atoms with van der Waals surface area (Å²) in [6.45, 7) is 1.58. The zero-order valence-corrected chi connectivity index (χ0v) is 21.1. The molecule has 1 atom stereocenters. The van der Waals surface area contributed by atoms with Gasteiger partial charge in [-0.05, 0) is 54.0 Å². The Hall–Kier alpha value is -4.67. The molecule has 1 aromatic heterocycles. The summed E-state index contributed by atoms with van der Waals surface area (Å²) >= 11 is 0. The summed E-state index contributed by atoms with van der Waals surface area (Å²) in [6.07, 6.45) is -5.57. The molecule has 5 rings (SSSR count). The number of carboxylic acids is 1. The zero-order valence-electron chi connectivity index (χ0n) is 21.1. The minimum absolute atomic E-state index is 0.250. The molecule has 11 heteroatoms. The van der Waals surface area contributed by atoms with Crippen LogP contribution in [-0.4, -0.2) is 26.9 Å². The number of hydrogen-bond acceptors (Lipinski definition) is 4. The maximum atomic E-state index is 15.4. The maximum Gasteiger partial charge on any atom is 0.435 e. The van der Waals surface area contributed by atoms with Crippen LogP contribution in [0.4, 0.5) is 28.2 Å². The number of carbonyl (C=O) groups is 2. The molecule has 1 aliphatic rings. The SMILES string of the molecule is C[C@@H](OC(=O)Nc1cc(C(F)(F)F)nn1-c1c(C(=O)O)c(F)cc(-c2ccccc2)c1C1CC1)c1ccccc1. The standard InChI is InChI=1S/C29H23F4N3O4/c1-16(17-8-4-2-5-9-17)40-28(39)34-23-15-22(29(31,32)33)35-36(23)26-24(19-12-13-19)20(18-10-6-3-7-11-18)14-21(30)25(26)27(37)38/h2-11,14-16,19H,12-13H2,1H3,(H,34,39)(H,37,38)/t16-/m1/s1. The number of amides is 1. The Balaban J connectivity index is 1.67. The fourth-order valence-electron chi connectivity index (χ4n) is 4.58. The lowest BCUT2D eigenvalue weighted by molar-refractivity contribution is -0.141. The number of halogens is 4. The van der Waals surface area contributed by atoms with Gasteiger partial charge in [-0.1, -0.05) is 60.7 Å². The number of aromatic carboxylic acids is 1. The van der Waals surface area contributed by atoms with Crippen molar-refractivity contribution in [2.45, 2.75) is 38.0 Å². The first-order chi connectivity index (χ1) is 19.0. The molecular formula is C29H23F4N3O4. The minimum atomic E-state index is -4.94. The van der Waals surface area contributed by atoms with Gasteiger partial charge in [0.05, 0.1) is 5.69 Å². The molecule has 2 N–H and O–H groups in total. The van der Waals surface area contributed by atoms with Crippen molar-refractivity contribution in [2.75, 3.05) is 5.32 Å². The highest BCUT2D eigenvalue weighted by molar-refractivity contribution is 5.96. The molecule has 0 aliphatic heterocycles. The largest absolute Gasteiger partial charge is 0.478 e. The van der Waals surface area contributed by atoms with Crippen molar-refractivity contribution in [1.82, 2.24) is 9.78 Å². The van der Waals surface area contributed by atoms with E-state index in [4.69, 9.17) is 4.74 Å². The summed E-state index contributed by atoms with van der Waals surface area (Å²) in [7, 11) is 0. The summed E-state index contributed by atoms with van der Waals surface area (Å²) in [6, 6.07) is 18.8. The van der Waals surface area contributed by atoms with Crippen molar-refractivity contribution in [3.8, 4) is 16.8 Å². The van der Waals surface area contributed by atoms with Crippen LogP contribution in [0.25, 0.3) is 16.8 Å². The van der Waals surface area contributed by atoms with Crippen LogP contribution in [0.1, 0.15) is 59.0 Å². The third kappa shape index (κ3) is 5.40. The topological polar surface area (TPSA) is 93.5 Å². The Kier molecular flexibility index (Phi) is 7.05. The average molecular weight is 554 g/mol. The van der Waals surface area contributed by atoms with Crippen LogP contribution in [0.2, 0.25) is 0 Å². The highest BCUT2D eigenvalue weighted by atomic mass is 19.4. The van der Waals surface area contributed by atoms with Crippen molar-refractivity contribution in [3.05, 3.63) is 101 Å². The van der Waals surface area contributed by atoms with Gasteiger partial charge in [0, 0.05) is 6.07 Å². The fourth-order valence-corrected chi connectivity index (χ4v) is 4.58. The summed E-state index contributed by atoms with van der Waals surface area (Å²) < 4.78 is 62.9. The zero-order chi connectivity index (χ0) is 28.6. The number of nitrogens with one attached hydrogen (secondary N) is 1. The number of alkyl halides is 3. The van der Waals surface area contributed by atoms with Gasteiger partial charge in [0.25, 0.3) is 0 Å². The number of hydrogen-bond donors (Lipinski definition) is 2. The Morgan fingerprint density at radius 2 is 1.68 bits per heavy atom. The van der Waals surface area contributed by atoms with Crippen LogP contribution in [0, 0.1) is 5.82 Å². The summed E-state index contributed by atoms with van der Waals surface area (Å²) in [5.74, 6) is -3.61. The number of carbonyl (C=O) groups excluding carboxylic acids is 1. The van der Waals surface area contributed by atoms with Gasteiger partial charge >= 0.3 is 18.2 Å². The van der Waals surface area contributed by atoms with Crippen molar-refractivity contribution < 1.29 is 37.0 Å². The van der Waals surface area contributed by atoms with Crippen LogP contribution < -0.4 is 5.32 Å². The molecule has 1 fully saturated rings. The van der Waals surface area contributed by atoms with Crippen molar-refractivity contribution in [2.24, 2.45) is 0 Å². The number of carboxylic acid groups (broad SMARTS) is 1. The van der Waals surface area contributed by atoms with Gasteiger partial charge in [-0.15, -0.1) is 0 Å². The van der Waals surface area contributed by atoms with E-state index in [1.165, 1.54) is 0 Å². The molecule has 1 saturated carbocycles. The van der Waals surface area contributed by atoms with Gasteiger partial charge < -0.3 is 9.84 Å². The van der Waals surface area contributed by atoms with Gasteiger partial charge in [0.15, 0.2) is 5.69 Å². The highest BCUT2D eigenvalue weighted by Gasteiger charge is 2.39. The van der Waals surface area contributed by atoms with Crippen LogP contribution in [-0.2, 0) is 10.9 Å². The van der Waals surface area contributed by atoms with E-state index in [9.17, 15) is 27.9 Å². The number of benzene rings is 3. The molecule has 40 heavy (non-hydrogen) atoms. The van der Waals surface area contributed by atoms with Crippen molar-refractivity contribution >= 4 is 17.9 Å². The second-order valence-corrected chi connectivity index (χ2v) is 9.40. The number of ether oxygens (including phenoxy) is 1. The van der Waals surface area contributed by atoms with E-state index in [-0.39, 0.29) is 11.6 Å². The monoisotopic (exact) mass is 553 g/mol. The average Bonchev–Trinajstić information content (AvgIpc) is 3.67. The van der Waals surface area contributed by atoms with Crippen LogP contribution in [0.15, 0.2) is 72.8 Å². The number of rotatable bonds is 7. The van der Waals surface area contributed by atoms with E-state index in [1.54, 1.807) is 67.6 Å². The van der Waals surface area contributed by atoms with Crippen molar-refractivity contribution in [3.63, 3.8) is 0 Å². The van der Waals surface area contributed by atoms with E-state index < -0.39 is 47.2 Å². The number of aromatic nitrogens is 2. The van der Waals surface area contributed by atoms with Gasteiger partial charge in [-0.3, -0.25) is 5.32 Å². The minimum Gasteiger partial charge on any atom is -0.478 e. The lowest BCUT2D eigenvalue weighted by Crippen LogP contribution is -2.20. The van der Waals surface area contributed by atoms with Crippen molar-refractivity contribution in [1.29, 1.82) is 0 Å². The number of anilines is 1. The molecule has 0 saturated heterocycles. The maximum absolute atomic E-state index is 15.4. The molecule has 4 aromatic rings. The van der Waals surface area contributed by atoms with Gasteiger partial charge in [0.2, 0.25) is 0 Å². The molecule has 0 radical (unpaired) electrons. The first kappa shape index (κ1) is 26.9. The predicted molar refractivity (Wildman–Crippen MR) is 138 cm³/mol. The summed E-state index contributed by atoms with van der Waals surface area (Å²) in [4.78, 5) is 25.1. The Morgan fingerprint density at radius 3 is 2.25 bits per heavy atom. The lowest BCUT2D eigenvalue weighted by atomic mass is 9.92. The fraction of sp³-hybridized carbons (Fsp3) is 0.207.